The Labute approximate surface area is 82.9 Å². The maximum atomic E-state index is 13.4. The van der Waals surface area contributed by atoms with E-state index in [9.17, 15) is 9.18 Å². The van der Waals surface area contributed by atoms with E-state index in [1.54, 1.807) is 6.07 Å². The predicted molar refractivity (Wildman–Crippen MR) is 54.9 cm³/mol. The Morgan fingerprint density at radius 1 is 1.43 bits per heavy atom. The van der Waals surface area contributed by atoms with Crippen LogP contribution >= 0.6 is 0 Å². The van der Waals surface area contributed by atoms with Crippen LogP contribution in [0.2, 0.25) is 0 Å². The third kappa shape index (κ3) is 1.92. The van der Waals surface area contributed by atoms with Gasteiger partial charge in [-0.15, -0.1) is 0 Å². The minimum Gasteiger partial charge on any atom is -0.399 e. The van der Waals surface area contributed by atoms with Gasteiger partial charge in [-0.05, 0) is 30.5 Å². The topological polar surface area (TPSA) is 43.1 Å². The fourth-order valence-electron chi connectivity index (χ4n) is 1.48. The maximum absolute atomic E-state index is 13.4. The lowest BCUT2D eigenvalue weighted by Crippen LogP contribution is -2.06. The van der Waals surface area contributed by atoms with Crippen molar-refractivity contribution < 1.29 is 9.18 Å². The summed E-state index contributed by atoms with van der Waals surface area (Å²) in [6, 6.07) is 2.84. The first kappa shape index (κ1) is 10.7. The quantitative estimate of drug-likeness (QED) is 0.582. The highest BCUT2D eigenvalue weighted by Crippen LogP contribution is 2.25. The number of hydrogen-bond donors (Lipinski definition) is 1. The summed E-state index contributed by atoms with van der Waals surface area (Å²) in [6.45, 7) is 5.17. The van der Waals surface area contributed by atoms with Gasteiger partial charge < -0.3 is 5.73 Å². The van der Waals surface area contributed by atoms with Gasteiger partial charge in [-0.3, -0.25) is 4.79 Å². The average molecular weight is 195 g/mol. The molecule has 0 saturated heterocycles. The molecule has 1 aromatic rings. The van der Waals surface area contributed by atoms with Crippen LogP contribution < -0.4 is 5.73 Å². The molecule has 3 heteroatoms. The molecule has 2 N–H and O–H groups in total. The highest BCUT2D eigenvalue weighted by atomic mass is 19.1. The molecule has 0 unspecified atom stereocenters. The summed E-state index contributed by atoms with van der Waals surface area (Å²) >= 11 is 0. The molecule has 1 aromatic carbocycles. The van der Waals surface area contributed by atoms with Crippen molar-refractivity contribution in [2.45, 2.75) is 26.7 Å². The van der Waals surface area contributed by atoms with Gasteiger partial charge in [0, 0.05) is 5.69 Å². The highest BCUT2D eigenvalue weighted by Gasteiger charge is 2.16. The molecule has 0 aliphatic carbocycles. The van der Waals surface area contributed by atoms with Gasteiger partial charge in [-0.25, -0.2) is 4.39 Å². The molecule has 0 fully saturated rings. The first-order chi connectivity index (χ1) is 6.43. The zero-order chi connectivity index (χ0) is 10.9. The Balaban J connectivity index is 3.44. The van der Waals surface area contributed by atoms with E-state index in [0.717, 1.165) is 0 Å². The summed E-state index contributed by atoms with van der Waals surface area (Å²) in [5.41, 5.74) is 6.71. The summed E-state index contributed by atoms with van der Waals surface area (Å²) in [5, 5.41) is 0. The molecule has 0 bridgehead atoms. The summed E-state index contributed by atoms with van der Waals surface area (Å²) in [5.74, 6) is -0.695. The largest absolute Gasteiger partial charge is 0.399 e. The molecule has 0 amide bonds. The minimum absolute atomic E-state index is 0.0897. The molecule has 14 heavy (non-hydrogen) atoms. The monoisotopic (exact) mass is 195 g/mol. The van der Waals surface area contributed by atoms with E-state index >= 15 is 0 Å². The summed E-state index contributed by atoms with van der Waals surface area (Å²) < 4.78 is 13.4. The fraction of sp³-hybridized carbons (Fsp3) is 0.364. The molecular weight excluding hydrogens is 181 g/mol. The third-order valence-corrected chi connectivity index (χ3v) is 2.12. The molecule has 0 spiro atoms. The van der Waals surface area contributed by atoms with Gasteiger partial charge >= 0.3 is 0 Å². The van der Waals surface area contributed by atoms with Crippen molar-refractivity contribution >= 4 is 11.5 Å². The second-order valence-corrected chi connectivity index (χ2v) is 3.68. The van der Waals surface area contributed by atoms with Gasteiger partial charge in [0.05, 0.1) is 5.56 Å². The van der Waals surface area contributed by atoms with Crippen LogP contribution in [0, 0.1) is 5.82 Å². The van der Waals surface area contributed by atoms with Gasteiger partial charge in [-0.2, -0.15) is 0 Å². The highest BCUT2D eigenvalue weighted by molar-refractivity contribution is 5.96. The summed E-state index contributed by atoms with van der Waals surface area (Å²) in [4.78, 5) is 11.2. The minimum atomic E-state index is -0.527. The van der Waals surface area contributed by atoms with E-state index < -0.39 is 5.82 Å². The predicted octanol–water partition coefficient (Wildman–Crippen LogP) is 2.73. The fourth-order valence-corrected chi connectivity index (χ4v) is 1.48. The van der Waals surface area contributed by atoms with Crippen molar-refractivity contribution in [3.05, 3.63) is 29.1 Å². The first-order valence-electron chi connectivity index (χ1n) is 4.53. The van der Waals surface area contributed by atoms with E-state index in [2.05, 4.69) is 0 Å². The van der Waals surface area contributed by atoms with E-state index in [0.29, 0.717) is 11.3 Å². The molecule has 0 atom stereocenters. The SMILES string of the molecule is CC(=O)c1c(F)cc(N)cc1C(C)C. The zero-order valence-electron chi connectivity index (χ0n) is 8.60. The van der Waals surface area contributed by atoms with Gasteiger partial charge in [0.15, 0.2) is 5.78 Å². The van der Waals surface area contributed by atoms with E-state index in [1.165, 1.54) is 13.0 Å². The van der Waals surface area contributed by atoms with Crippen LogP contribution in [0.25, 0.3) is 0 Å². The van der Waals surface area contributed by atoms with Crippen LogP contribution in [0.15, 0.2) is 12.1 Å². The van der Waals surface area contributed by atoms with Gasteiger partial charge in [0.1, 0.15) is 5.82 Å². The lowest BCUT2D eigenvalue weighted by Gasteiger charge is -2.12. The molecule has 1 rings (SSSR count). The standard InChI is InChI=1S/C11H14FNO/c1-6(2)9-4-8(13)5-10(12)11(9)7(3)14/h4-6H,13H2,1-3H3. The molecule has 0 heterocycles. The zero-order valence-corrected chi connectivity index (χ0v) is 8.60. The molecule has 0 aliphatic rings. The summed E-state index contributed by atoms with van der Waals surface area (Å²) in [7, 11) is 0. The Morgan fingerprint density at radius 3 is 2.43 bits per heavy atom. The van der Waals surface area contributed by atoms with Crippen molar-refractivity contribution in [2.75, 3.05) is 5.73 Å². The molecule has 0 aliphatic heterocycles. The van der Waals surface area contributed by atoms with Crippen molar-refractivity contribution in [1.29, 1.82) is 0 Å². The molecule has 0 radical (unpaired) electrons. The molecular formula is C11H14FNO. The lowest BCUT2D eigenvalue weighted by atomic mass is 9.94. The third-order valence-electron chi connectivity index (χ3n) is 2.12. The van der Waals surface area contributed by atoms with Crippen LogP contribution in [-0.2, 0) is 0 Å². The number of nitrogen functional groups attached to an aromatic ring is 1. The Hall–Kier alpha value is -1.38. The van der Waals surface area contributed by atoms with Crippen molar-refractivity contribution in [3.8, 4) is 0 Å². The number of ketones is 1. The molecule has 2 nitrogen and oxygen atoms in total. The Morgan fingerprint density at radius 2 is 2.00 bits per heavy atom. The molecule has 0 aromatic heterocycles. The van der Waals surface area contributed by atoms with Crippen LogP contribution in [0.4, 0.5) is 10.1 Å². The van der Waals surface area contributed by atoms with Crippen LogP contribution in [0.5, 0.6) is 0 Å². The number of hydrogen-bond acceptors (Lipinski definition) is 2. The van der Waals surface area contributed by atoms with Crippen LogP contribution in [-0.4, -0.2) is 5.78 Å². The maximum Gasteiger partial charge on any atom is 0.163 e. The number of benzene rings is 1. The smallest absolute Gasteiger partial charge is 0.163 e. The second kappa shape index (κ2) is 3.78. The van der Waals surface area contributed by atoms with Crippen LogP contribution in [0.1, 0.15) is 42.6 Å². The van der Waals surface area contributed by atoms with Crippen molar-refractivity contribution in [1.82, 2.24) is 0 Å². The number of halogens is 1. The van der Waals surface area contributed by atoms with Crippen molar-refractivity contribution in [3.63, 3.8) is 0 Å². The number of Topliss-reactive ketones (excluding diaryl/α,β-unsaturated/α-hetero) is 1. The lowest BCUT2D eigenvalue weighted by molar-refractivity contribution is 0.101. The van der Waals surface area contributed by atoms with E-state index in [-0.39, 0.29) is 17.3 Å². The van der Waals surface area contributed by atoms with Gasteiger partial charge in [0.2, 0.25) is 0 Å². The molecule has 76 valence electrons. The molecule has 0 saturated carbocycles. The van der Waals surface area contributed by atoms with Crippen LogP contribution in [0.3, 0.4) is 0 Å². The van der Waals surface area contributed by atoms with E-state index in [4.69, 9.17) is 5.73 Å². The second-order valence-electron chi connectivity index (χ2n) is 3.68. The number of carbonyl (C=O) groups is 1. The first-order valence-corrected chi connectivity index (χ1v) is 4.53. The number of carbonyl (C=O) groups excluding carboxylic acids is 1. The number of rotatable bonds is 2. The number of nitrogens with two attached hydrogens (primary N) is 1. The Kier molecular flexibility index (Phi) is 2.89. The van der Waals surface area contributed by atoms with E-state index in [1.807, 2.05) is 13.8 Å². The van der Waals surface area contributed by atoms with Gasteiger partial charge in [-0.1, -0.05) is 13.8 Å². The number of anilines is 1. The normalized spacial score (nSPS) is 10.6. The Bertz CT molecular complexity index is 372. The summed E-state index contributed by atoms with van der Waals surface area (Å²) in [6.07, 6.45) is 0. The average Bonchev–Trinajstić information content (AvgIpc) is 2.01. The van der Waals surface area contributed by atoms with Crippen molar-refractivity contribution in [2.24, 2.45) is 0 Å². The van der Waals surface area contributed by atoms with Gasteiger partial charge in [0.25, 0.3) is 0 Å².